The molecule has 1 fully saturated rings. The highest BCUT2D eigenvalue weighted by Crippen LogP contribution is 2.30. The molecule has 140 valence electrons. The average molecular weight is 371 g/mol. The summed E-state index contributed by atoms with van der Waals surface area (Å²) in [6.07, 6.45) is 3.79. The Hall–Kier alpha value is -3.38. The zero-order chi connectivity index (χ0) is 18.8. The number of benzene rings is 2. The van der Waals surface area contributed by atoms with E-state index in [9.17, 15) is 0 Å². The number of morpholine rings is 1. The van der Waals surface area contributed by atoms with Gasteiger partial charge >= 0.3 is 0 Å². The zero-order valence-corrected chi connectivity index (χ0v) is 15.4. The Morgan fingerprint density at radius 3 is 2.71 bits per heavy atom. The van der Waals surface area contributed by atoms with Gasteiger partial charge in [-0.25, -0.2) is 9.97 Å². The molecule has 0 unspecified atom stereocenters. The SMILES string of the molecule is c1ccc(N2CCOCC2)c(Nc2nccc(-c3c[nH]c4ccccc34)n2)c1. The molecule has 0 radical (unpaired) electrons. The Kier molecular flexibility index (Phi) is 4.39. The Morgan fingerprint density at radius 2 is 1.79 bits per heavy atom. The quantitative estimate of drug-likeness (QED) is 0.563. The van der Waals surface area contributed by atoms with Crippen molar-refractivity contribution in [3.8, 4) is 11.3 Å². The highest BCUT2D eigenvalue weighted by Gasteiger charge is 2.15. The first-order valence-corrected chi connectivity index (χ1v) is 9.47. The molecule has 6 heteroatoms. The number of para-hydroxylation sites is 3. The summed E-state index contributed by atoms with van der Waals surface area (Å²) in [5, 5.41) is 4.56. The van der Waals surface area contributed by atoms with Gasteiger partial charge in [0.1, 0.15) is 0 Å². The Labute approximate surface area is 163 Å². The van der Waals surface area contributed by atoms with Crippen molar-refractivity contribution in [1.82, 2.24) is 15.0 Å². The normalized spacial score (nSPS) is 14.4. The van der Waals surface area contributed by atoms with Crippen LogP contribution in [0.4, 0.5) is 17.3 Å². The van der Waals surface area contributed by atoms with Crippen molar-refractivity contribution in [2.45, 2.75) is 0 Å². The van der Waals surface area contributed by atoms with Crippen molar-refractivity contribution in [1.29, 1.82) is 0 Å². The largest absolute Gasteiger partial charge is 0.378 e. The summed E-state index contributed by atoms with van der Waals surface area (Å²) in [4.78, 5) is 14.8. The van der Waals surface area contributed by atoms with Gasteiger partial charge in [-0.2, -0.15) is 0 Å². The lowest BCUT2D eigenvalue weighted by Crippen LogP contribution is -2.36. The summed E-state index contributed by atoms with van der Waals surface area (Å²) in [5.41, 5.74) is 5.21. The van der Waals surface area contributed by atoms with Gasteiger partial charge in [0, 0.05) is 41.9 Å². The predicted molar refractivity (Wildman–Crippen MR) is 112 cm³/mol. The topological polar surface area (TPSA) is 66.1 Å². The van der Waals surface area contributed by atoms with Crippen molar-refractivity contribution in [2.24, 2.45) is 0 Å². The molecular formula is C22H21N5O. The molecule has 0 bridgehead atoms. The maximum absolute atomic E-state index is 5.48. The number of rotatable bonds is 4. The number of anilines is 3. The first kappa shape index (κ1) is 16.8. The summed E-state index contributed by atoms with van der Waals surface area (Å²) < 4.78 is 5.48. The molecule has 1 aliphatic rings. The van der Waals surface area contributed by atoms with Gasteiger partial charge in [-0.3, -0.25) is 0 Å². The first-order valence-electron chi connectivity index (χ1n) is 9.47. The molecule has 0 saturated carbocycles. The van der Waals surface area contributed by atoms with Crippen molar-refractivity contribution in [3.63, 3.8) is 0 Å². The maximum atomic E-state index is 5.48. The molecule has 0 amide bonds. The Morgan fingerprint density at radius 1 is 0.964 bits per heavy atom. The number of fused-ring (bicyclic) bond motifs is 1. The van der Waals surface area contributed by atoms with Crippen LogP contribution in [0.5, 0.6) is 0 Å². The van der Waals surface area contributed by atoms with E-state index in [1.807, 2.05) is 30.5 Å². The van der Waals surface area contributed by atoms with E-state index in [4.69, 9.17) is 9.72 Å². The number of H-pyrrole nitrogens is 1. The van der Waals surface area contributed by atoms with E-state index in [-0.39, 0.29) is 0 Å². The van der Waals surface area contributed by atoms with Crippen LogP contribution in [-0.4, -0.2) is 41.3 Å². The highest BCUT2D eigenvalue weighted by molar-refractivity contribution is 5.94. The van der Waals surface area contributed by atoms with Gasteiger partial charge in [0.2, 0.25) is 5.95 Å². The predicted octanol–water partition coefficient (Wildman–Crippen LogP) is 4.21. The molecule has 1 aliphatic heterocycles. The minimum atomic E-state index is 0.587. The molecule has 2 N–H and O–H groups in total. The van der Waals surface area contributed by atoms with E-state index in [2.05, 4.69) is 50.5 Å². The summed E-state index contributed by atoms with van der Waals surface area (Å²) in [5.74, 6) is 0.587. The van der Waals surface area contributed by atoms with Crippen LogP contribution in [-0.2, 0) is 4.74 Å². The van der Waals surface area contributed by atoms with Gasteiger partial charge in [0.15, 0.2) is 0 Å². The third kappa shape index (κ3) is 3.18. The number of aromatic amines is 1. The van der Waals surface area contributed by atoms with E-state index in [0.717, 1.165) is 59.8 Å². The van der Waals surface area contributed by atoms with Crippen LogP contribution in [0, 0.1) is 0 Å². The molecule has 2 aromatic heterocycles. The van der Waals surface area contributed by atoms with Crippen LogP contribution in [0.2, 0.25) is 0 Å². The zero-order valence-electron chi connectivity index (χ0n) is 15.4. The second-order valence-corrected chi connectivity index (χ2v) is 6.75. The second-order valence-electron chi connectivity index (χ2n) is 6.75. The number of aromatic nitrogens is 3. The van der Waals surface area contributed by atoms with Gasteiger partial charge < -0.3 is 19.9 Å². The molecule has 0 aliphatic carbocycles. The van der Waals surface area contributed by atoms with Crippen molar-refractivity contribution in [2.75, 3.05) is 36.5 Å². The summed E-state index contributed by atoms with van der Waals surface area (Å²) in [6, 6.07) is 18.4. The molecule has 2 aromatic carbocycles. The summed E-state index contributed by atoms with van der Waals surface area (Å²) >= 11 is 0. The van der Waals surface area contributed by atoms with E-state index >= 15 is 0 Å². The van der Waals surface area contributed by atoms with E-state index < -0.39 is 0 Å². The fourth-order valence-corrected chi connectivity index (χ4v) is 3.63. The third-order valence-corrected chi connectivity index (χ3v) is 5.02. The average Bonchev–Trinajstić information content (AvgIpc) is 3.19. The second kappa shape index (κ2) is 7.32. The van der Waals surface area contributed by atoms with Crippen LogP contribution in [0.3, 0.4) is 0 Å². The lowest BCUT2D eigenvalue weighted by atomic mass is 10.1. The van der Waals surface area contributed by atoms with E-state index in [1.165, 1.54) is 0 Å². The van der Waals surface area contributed by atoms with Gasteiger partial charge in [0.05, 0.1) is 30.3 Å². The number of ether oxygens (including phenoxy) is 1. The van der Waals surface area contributed by atoms with Gasteiger partial charge in [-0.05, 0) is 24.3 Å². The smallest absolute Gasteiger partial charge is 0.227 e. The molecule has 3 heterocycles. The standard InChI is InChI=1S/C22H21N5O/c1-2-6-18-16(5-1)17(15-24-18)19-9-10-23-22(25-19)26-20-7-3-4-8-21(20)27-11-13-28-14-12-27/h1-10,15,24H,11-14H2,(H,23,25,26). The Balaban J connectivity index is 1.47. The minimum absolute atomic E-state index is 0.587. The van der Waals surface area contributed by atoms with Crippen molar-refractivity contribution < 1.29 is 4.74 Å². The molecule has 1 saturated heterocycles. The molecule has 6 nitrogen and oxygen atoms in total. The number of nitrogens with one attached hydrogen (secondary N) is 2. The molecule has 0 spiro atoms. The van der Waals surface area contributed by atoms with Crippen LogP contribution in [0.1, 0.15) is 0 Å². The summed E-state index contributed by atoms with van der Waals surface area (Å²) in [7, 11) is 0. The summed E-state index contributed by atoms with van der Waals surface area (Å²) in [6.45, 7) is 3.27. The van der Waals surface area contributed by atoms with Crippen LogP contribution in [0.15, 0.2) is 67.0 Å². The Bertz CT molecular complexity index is 1100. The molecular weight excluding hydrogens is 350 g/mol. The highest BCUT2D eigenvalue weighted by atomic mass is 16.5. The fraction of sp³-hybridized carbons (Fsp3) is 0.182. The van der Waals surface area contributed by atoms with Crippen LogP contribution in [0.25, 0.3) is 22.2 Å². The number of nitrogens with zero attached hydrogens (tertiary/aromatic N) is 3. The lowest BCUT2D eigenvalue weighted by Gasteiger charge is -2.30. The molecule has 0 atom stereocenters. The van der Waals surface area contributed by atoms with E-state index in [0.29, 0.717) is 5.95 Å². The van der Waals surface area contributed by atoms with Gasteiger partial charge in [0.25, 0.3) is 0 Å². The maximum Gasteiger partial charge on any atom is 0.227 e. The van der Waals surface area contributed by atoms with Crippen LogP contribution >= 0.6 is 0 Å². The molecule has 4 aromatic rings. The molecule has 28 heavy (non-hydrogen) atoms. The monoisotopic (exact) mass is 371 g/mol. The van der Waals surface area contributed by atoms with E-state index in [1.54, 1.807) is 6.20 Å². The number of hydrogen-bond donors (Lipinski definition) is 2. The van der Waals surface area contributed by atoms with Gasteiger partial charge in [-0.1, -0.05) is 30.3 Å². The molecule has 5 rings (SSSR count). The minimum Gasteiger partial charge on any atom is -0.378 e. The van der Waals surface area contributed by atoms with Gasteiger partial charge in [-0.15, -0.1) is 0 Å². The van der Waals surface area contributed by atoms with Crippen LogP contribution < -0.4 is 10.2 Å². The number of hydrogen-bond acceptors (Lipinski definition) is 5. The third-order valence-electron chi connectivity index (χ3n) is 5.02. The lowest BCUT2D eigenvalue weighted by molar-refractivity contribution is 0.123. The fourth-order valence-electron chi connectivity index (χ4n) is 3.63. The van der Waals surface area contributed by atoms with Crippen molar-refractivity contribution in [3.05, 3.63) is 67.0 Å². The van der Waals surface area contributed by atoms with Crippen molar-refractivity contribution >= 4 is 28.2 Å². The first-order chi connectivity index (χ1) is 13.9.